The summed E-state index contributed by atoms with van der Waals surface area (Å²) in [5.74, 6) is -0.302. The Morgan fingerprint density at radius 1 is 1.37 bits per heavy atom. The normalized spacial score (nSPS) is 16.6. The SMILES string of the molecule is CN1CCC(C(=O)Cc2nonc2/C(Cc2ccc(F)c(Br)c2)=N/O)CC1. The average molecular weight is 439 g/mol. The number of carbonyl (C=O) groups excluding carboxylic acids is 1. The minimum absolute atomic E-state index is 0.00619. The number of Topliss-reactive ketones (excluding diaryl/α,β-unsaturated/α-hetero) is 1. The molecule has 1 saturated heterocycles. The van der Waals surface area contributed by atoms with Crippen molar-refractivity contribution in [2.45, 2.75) is 25.7 Å². The van der Waals surface area contributed by atoms with Gasteiger partial charge in [-0.1, -0.05) is 16.4 Å². The van der Waals surface area contributed by atoms with Crippen LogP contribution in [0, 0.1) is 11.7 Å². The lowest BCUT2D eigenvalue weighted by Gasteiger charge is -2.27. The van der Waals surface area contributed by atoms with Gasteiger partial charge >= 0.3 is 0 Å². The third-order valence-electron chi connectivity index (χ3n) is 4.82. The van der Waals surface area contributed by atoms with Gasteiger partial charge < -0.3 is 10.1 Å². The summed E-state index contributed by atoms with van der Waals surface area (Å²) >= 11 is 3.13. The van der Waals surface area contributed by atoms with Gasteiger partial charge in [0.2, 0.25) is 0 Å². The number of aromatic nitrogens is 2. The number of nitrogens with zero attached hydrogens (tertiary/aromatic N) is 4. The summed E-state index contributed by atoms with van der Waals surface area (Å²) in [5.41, 5.74) is 1.53. The van der Waals surface area contributed by atoms with E-state index in [0.717, 1.165) is 25.9 Å². The maximum absolute atomic E-state index is 13.4. The standard InChI is InChI=1S/C18H20BrFN4O3/c1-24-6-4-12(5-7-24)17(25)10-16-18(23-27-22-16)15(21-26)9-11-2-3-14(20)13(19)8-11/h2-3,8,12,26H,4-7,9-10H2,1H3/b21-15+. The van der Waals surface area contributed by atoms with Crippen LogP contribution in [0.5, 0.6) is 0 Å². The van der Waals surface area contributed by atoms with E-state index in [1.807, 2.05) is 7.05 Å². The highest BCUT2D eigenvalue weighted by Crippen LogP contribution is 2.21. The summed E-state index contributed by atoms with van der Waals surface area (Å²) in [6.07, 6.45) is 1.92. The predicted octanol–water partition coefficient (Wildman–Crippen LogP) is 2.85. The fourth-order valence-corrected chi connectivity index (χ4v) is 3.62. The minimum atomic E-state index is -0.381. The first kappa shape index (κ1) is 19.6. The number of oxime groups is 1. The number of ketones is 1. The molecule has 27 heavy (non-hydrogen) atoms. The van der Waals surface area contributed by atoms with Crippen molar-refractivity contribution in [1.29, 1.82) is 0 Å². The number of piperidine rings is 1. The van der Waals surface area contributed by atoms with Crippen molar-refractivity contribution in [1.82, 2.24) is 15.2 Å². The highest BCUT2D eigenvalue weighted by Gasteiger charge is 2.27. The first-order chi connectivity index (χ1) is 13.0. The lowest BCUT2D eigenvalue weighted by molar-refractivity contribution is -0.123. The number of hydrogen-bond donors (Lipinski definition) is 1. The molecule has 1 fully saturated rings. The van der Waals surface area contributed by atoms with Crippen LogP contribution in [0.3, 0.4) is 0 Å². The number of hydrogen-bond acceptors (Lipinski definition) is 7. The van der Waals surface area contributed by atoms with E-state index in [1.54, 1.807) is 12.1 Å². The number of rotatable bonds is 6. The van der Waals surface area contributed by atoms with Crippen LogP contribution < -0.4 is 0 Å². The first-order valence-electron chi connectivity index (χ1n) is 8.66. The summed E-state index contributed by atoms with van der Waals surface area (Å²) in [6.45, 7) is 1.78. The van der Waals surface area contributed by atoms with E-state index in [-0.39, 0.29) is 41.8 Å². The molecular weight excluding hydrogens is 419 g/mol. The molecule has 0 amide bonds. The monoisotopic (exact) mass is 438 g/mol. The Morgan fingerprint density at radius 2 is 2.11 bits per heavy atom. The highest BCUT2D eigenvalue weighted by molar-refractivity contribution is 9.10. The molecule has 0 radical (unpaired) electrons. The van der Waals surface area contributed by atoms with E-state index in [2.05, 4.69) is 36.3 Å². The van der Waals surface area contributed by atoms with Crippen LogP contribution in [0.1, 0.15) is 29.8 Å². The predicted molar refractivity (Wildman–Crippen MR) is 99.4 cm³/mol. The summed E-state index contributed by atoms with van der Waals surface area (Å²) in [4.78, 5) is 14.8. The van der Waals surface area contributed by atoms with Gasteiger partial charge in [-0.3, -0.25) is 4.79 Å². The third-order valence-corrected chi connectivity index (χ3v) is 5.43. The van der Waals surface area contributed by atoms with Crippen molar-refractivity contribution in [3.8, 4) is 0 Å². The molecule has 0 spiro atoms. The largest absolute Gasteiger partial charge is 0.411 e. The van der Waals surface area contributed by atoms with Crippen LogP contribution >= 0.6 is 15.9 Å². The molecule has 0 saturated carbocycles. The molecule has 1 N–H and O–H groups in total. The van der Waals surface area contributed by atoms with Gasteiger partial charge in [-0.05, 0) is 71.8 Å². The molecule has 0 aliphatic carbocycles. The number of carbonyl (C=O) groups is 1. The molecule has 0 atom stereocenters. The lowest BCUT2D eigenvalue weighted by atomic mass is 9.90. The van der Waals surface area contributed by atoms with Gasteiger partial charge in [0, 0.05) is 12.3 Å². The molecule has 0 bridgehead atoms. The zero-order chi connectivity index (χ0) is 19.4. The van der Waals surface area contributed by atoms with E-state index in [4.69, 9.17) is 4.63 Å². The van der Waals surface area contributed by atoms with Crippen LogP contribution in [0.25, 0.3) is 0 Å². The van der Waals surface area contributed by atoms with Crippen LogP contribution in [0.4, 0.5) is 4.39 Å². The first-order valence-corrected chi connectivity index (χ1v) is 9.45. The molecular formula is C18H20BrFN4O3. The van der Waals surface area contributed by atoms with Crippen LogP contribution in [0.15, 0.2) is 32.5 Å². The van der Waals surface area contributed by atoms with E-state index in [1.165, 1.54) is 6.07 Å². The van der Waals surface area contributed by atoms with Gasteiger partial charge in [0.15, 0.2) is 5.69 Å². The smallest absolute Gasteiger partial charge is 0.156 e. The molecule has 1 aliphatic rings. The topological polar surface area (TPSA) is 91.8 Å². The Kier molecular flexibility index (Phi) is 6.33. The van der Waals surface area contributed by atoms with Crippen molar-refractivity contribution in [2.75, 3.05) is 20.1 Å². The molecule has 144 valence electrons. The van der Waals surface area contributed by atoms with Crippen LogP contribution in [0.2, 0.25) is 0 Å². The Balaban J connectivity index is 1.72. The van der Waals surface area contributed by atoms with E-state index >= 15 is 0 Å². The highest BCUT2D eigenvalue weighted by atomic mass is 79.9. The van der Waals surface area contributed by atoms with Gasteiger partial charge in [-0.25, -0.2) is 9.02 Å². The van der Waals surface area contributed by atoms with Crippen molar-refractivity contribution in [2.24, 2.45) is 11.1 Å². The molecule has 0 unspecified atom stereocenters. The molecule has 1 aromatic heterocycles. The fraction of sp³-hybridized carbons (Fsp3) is 0.444. The summed E-state index contributed by atoms with van der Waals surface area (Å²) in [5, 5.41) is 20.4. The second kappa shape index (κ2) is 8.71. The fourth-order valence-electron chi connectivity index (χ4n) is 3.19. The van der Waals surface area contributed by atoms with Gasteiger partial charge in [-0.15, -0.1) is 0 Å². The molecule has 2 heterocycles. The number of halogens is 2. The van der Waals surface area contributed by atoms with Crippen LogP contribution in [-0.4, -0.2) is 52.1 Å². The Morgan fingerprint density at radius 3 is 2.78 bits per heavy atom. The van der Waals surface area contributed by atoms with Crippen molar-refractivity contribution in [3.63, 3.8) is 0 Å². The van der Waals surface area contributed by atoms with Crippen molar-refractivity contribution in [3.05, 3.63) is 45.4 Å². The zero-order valence-electron chi connectivity index (χ0n) is 14.9. The quantitative estimate of drug-likeness (QED) is 0.423. The molecule has 1 aliphatic heterocycles. The molecule has 1 aromatic carbocycles. The maximum atomic E-state index is 13.4. The van der Waals surface area contributed by atoms with Gasteiger partial charge in [0.25, 0.3) is 0 Å². The summed E-state index contributed by atoms with van der Waals surface area (Å²) < 4.78 is 18.5. The third kappa shape index (κ3) is 4.78. The second-order valence-electron chi connectivity index (χ2n) is 6.75. The average Bonchev–Trinajstić information content (AvgIpc) is 3.11. The molecule has 3 rings (SSSR count). The zero-order valence-corrected chi connectivity index (χ0v) is 16.4. The van der Waals surface area contributed by atoms with Gasteiger partial charge in [-0.2, -0.15) is 0 Å². The number of likely N-dealkylation sites (tertiary alicyclic amines) is 1. The summed E-state index contributed by atoms with van der Waals surface area (Å²) in [7, 11) is 2.04. The van der Waals surface area contributed by atoms with Crippen molar-refractivity contribution >= 4 is 27.4 Å². The van der Waals surface area contributed by atoms with Crippen molar-refractivity contribution < 1.29 is 19.0 Å². The second-order valence-corrected chi connectivity index (χ2v) is 7.61. The molecule has 9 heteroatoms. The van der Waals surface area contributed by atoms with E-state index in [9.17, 15) is 14.4 Å². The Bertz CT molecular complexity index is 847. The Labute approximate surface area is 164 Å². The Hall–Kier alpha value is -2.13. The molecule has 2 aromatic rings. The van der Waals surface area contributed by atoms with Gasteiger partial charge in [0.05, 0.1) is 10.9 Å². The van der Waals surface area contributed by atoms with E-state index in [0.29, 0.717) is 15.7 Å². The maximum Gasteiger partial charge on any atom is 0.156 e. The van der Waals surface area contributed by atoms with Gasteiger partial charge in [0.1, 0.15) is 23.0 Å². The minimum Gasteiger partial charge on any atom is -0.411 e. The summed E-state index contributed by atoms with van der Waals surface area (Å²) in [6, 6.07) is 4.50. The number of benzene rings is 1. The molecule has 7 nitrogen and oxygen atoms in total. The van der Waals surface area contributed by atoms with E-state index < -0.39 is 0 Å². The lowest BCUT2D eigenvalue weighted by Crippen LogP contribution is -2.34. The van der Waals surface area contributed by atoms with Crippen LogP contribution in [-0.2, 0) is 17.6 Å².